The standard InChI is InChI=1S/C14H20N2O4/c1-4-14(18)7-16(8-14)13(17)9-5-11(19-2)12(20-3)6-10(9)15/h5-6,18H,4,7-8,15H2,1-3H3. The lowest BCUT2D eigenvalue weighted by Crippen LogP contribution is -2.63. The maximum Gasteiger partial charge on any atom is 0.256 e. The Hall–Kier alpha value is -1.95. The molecule has 1 aliphatic rings. The first-order valence-corrected chi connectivity index (χ1v) is 6.47. The van der Waals surface area contributed by atoms with Crippen LogP contribution in [0.4, 0.5) is 5.69 Å². The number of rotatable bonds is 4. The van der Waals surface area contributed by atoms with E-state index in [1.54, 1.807) is 17.0 Å². The summed E-state index contributed by atoms with van der Waals surface area (Å²) in [5.41, 5.74) is 5.82. The smallest absolute Gasteiger partial charge is 0.256 e. The third-order valence-corrected chi connectivity index (χ3v) is 3.70. The number of aliphatic hydroxyl groups is 1. The second-order valence-electron chi connectivity index (χ2n) is 5.03. The average Bonchev–Trinajstić information content (AvgIpc) is 2.42. The molecule has 0 aliphatic carbocycles. The molecule has 1 aliphatic heterocycles. The number of benzene rings is 1. The summed E-state index contributed by atoms with van der Waals surface area (Å²) in [6.07, 6.45) is 0.623. The van der Waals surface area contributed by atoms with Crippen LogP contribution < -0.4 is 15.2 Å². The largest absolute Gasteiger partial charge is 0.493 e. The van der Waals surface area contributed by atoms with Gasteiger partial charge in [-0.15, -0.1) is 0 Å². The second-order valence-corrected chi connectivity index (χ2v) is 5.03. The first-order chi connectivity index (χ1) is 9.44. The van der Waals surface area contributed by atoms with E-state index in [4.69, 9.17) is 15.2 Å². The molecule has 0 atom stereocenters. The average molecular weight is 280 g/mol. The number of nitrogens with zero attached hydrogens (tertiary/aromatic N) is 1. The van der Waals surface area contributed by atoms with Gasteiger partial charge < -0.3 is 25.2 Å². The Balaban J connectivity index is 2.23. The molecule has 0 radical (unpaired) electrons. The van der Waals surface area contributed by atoms with Crippen LogP contribution in [0.2, 0.25) is 0 Å². The predicted molar refractivity (Wildman–Crippen MR) is 75.1 cm³/mol. The molecule has 1 fully saturated rings. The summed E-state index contributed by atoms with van der Waals surface area (Å²) >= 11 is 0. The van der Waals surface area contributed by atoms with E-state index in [2.05, 4.69) is 0 Å². The Morgan fingerprint density at radius 1 is 1.35 bits per heavy atom. The Bertz CT molecular complexity index is 524. The molecule has 0 unspecified atom stereocenters. The van der Waals surface area contributed by atoms with Gasteiger partial charge in [-0.25, -0.2) is 0 Å². The molecule has 1 amide bonds. The van der Waals surface area contributed by atoms with Crippen molar-refractivity contribution in [2.24, 2.45) is 0 Å². The molecule has 20 heavy (non-hydrogen) atoms. The molecule has 0 saturated carbocycles. The summed E-state index contributed by atoms with van der Waals surface area (Å²) < 4.78 is 10.3. The molecule has 0 bridgehead atoms. The van der Waals surface area contributed by atoms with Crippen molar-refractivity contribution >= 4 is 11.6 Å². The van der Waals surface area contributed by atoms with Crippen LogP contribution in [0.25, 0.3) is 0 Å². The molecule has 0 spiro atoms. The van der Waals surface area contributed by atoms with Gasteiger partial charge in [-0.3, -0.25) is 4.79 Å². The highest BCUT2D eigenvalue weighted by atomic mass is 16.5. The van der Waals surface area contributed by atoms with E-state index in [9.17, 15) is 9.90 Å². The van der Waals surface area contributed by atoms with Gasteiger partial charge in [0.2, 0.25) is 0 Å². The molecule has 6 heteroatoms. The van der Waals surface area contributed by atoms with Gasteiger partial charge >= 0.3 is 0 Å². The molecule has 0 aromatic heterocycles. The van der Waals surface area contributed by atoms with Crippen LogP contribution in [0.15, 0.2) is 12.1 Å². The van der Waals surface area contributed by atoms with Crippen LogP contribution >= 0.6 is 0 Å². The van der Waals surface area contributed by atoms with E-state index in [1.165, 1.54) is 14.2 Å². The van der Waals surface area contributed by atoms with Crippen LogP contribution in [0, 0.1) is 0 Å². The number of β-amino-alcohol motifs (C(OH)–C–C–N with tert-alkyl or cyclic N) is 1. The topological polar surface area (TPSA) is 85.0 Å². The van der Waals surface area contributed by atoms with Crippen molar-refractivity contribution in [3.8, 4) is 11.5 Å². The summed E-state index contributed by atoms with van der Waals surface area (Å²) in [5.74, 6) is 0.730. The zero-order valence-corrected chi connectivity index (χ0v) is 12.0. The van der Waals surface area contributed by atoms with Gasteiger partial charge in [0.1, 0.15) is 0 Å². The minimum absolute atomic E-state index is 0.207. The summed E-state index contributed by atoms with van der Waals surface area (Å²) in [6.45, 7) is 2.55. The molecule has 1 aromatic rings. The molecule has 3 N–H and O–H groups in total. The van der Waals surface area contributed by atoms with Crippen molar-refractivity contribution in [2.75, 3.05) is 33.0 Å². The number of likely N-dealkylation sites (tertiary alicyclic amines) is 1. The van der Waals surface area contributed by atoms with Gasteiger partial charge in [0.15, 0.2) is 11.5 Å². The zero-order chi connectivity index (χ0) is 14.9. The highest BCUT2D eigenvalue weighted by molar-refractivity contribution is 6.00. The SMILES string of the molecule is CCC1(O)CN(C(=O)c2cc(OC)c(OC)cc2N)C1. The summed E-state index contributed by atoms with van der Waals surface area (Å²) in [6, 6.07) is 3.14. The van der Waals surface area contributed by atoms with Crippen LogP contribution in [0.1, 0.15) is 23.7 Å². The van der Waals surface area contributed by atoms with Gasteiger partial charge in [0.05, 0.1) is 38.5 Å². The third-order valence-electron chi connectivity index (χ3n) is 3.70. The van der Waals surface area contributed by atoms with E-state index >= 15 is 0 Å². The fraction of sp³-hybridized carbons (Fsp3) is 0.500. The number of carbonyl (C=O) groups excluding carboxylic acids is 1. The van der Waals surface area contributed by atoms with Crippen molar-refractivity contribution in [3.63, 3.8) is 0 Å². The number of hydrogen-bond donors (Lipinski definition) is 2. The predicted octanol–water partition coefficient (Wildman–Crippen LogP) is 0.883. The normalized spacial score (nSPS) is 16.5. The molecular formula is C14H20N2O4. The summed E-state index contributed by atoms with van der Waals surface area (Å²) in [4.78, 5) is 13.9. The van der Waals surface area contributed by atoms with Crippen LogP contribution in [0.3, 0.4) is 0 Å². The first kappa shape index (κ1) is 14.5. The molecule has 1 heterocycles. The lowest BCUT2D eigenvalue weighted by Gasteiger charge is -2.46. The van der Waals surface area contributed by atoms with E-state index in [0.717, 1.165) is 0 Å². The highest BCUT2D eigenvalue weighted by Crippen LogP contribution is 2.34. The van der Waals surface area contributed by atoms with E-state index in [-0.39, 0.29) is 5.91 Å². The number of methoxy groups -OCH3 is 2. The van der Waals surface area contributed by atoms with Crippen molar-refractivity contribution < 1.29 is 19.4 Å². The molecule has 1 saturated heterocycles. The van der Waals surface area contributed by atoms with Gasteiger partial charge in [0, 0.05) is 11.8 Å². The Labute approximate surface area is 118 Å². The van der Waals surface area contributed by atoms with Gasteiger partial charge in [0.25, 0.3) is 5.91 Å². The number of nitrogen functional groups attached to an aromatic ring is 1. The highest BCUT2D eigenvalue weighted by Gasteiger charge is 2.42. The number of hydrogen-bond acceptors (Lipinski definition) is 5. The van der Waals surface area contributed by atoms with Crippen molar-refractivity contribution in [1.82, 2.24) is 4.90 Å². The maximum absolute atomic E-state index is 12.4. The first-order valence-electron chi connectivity index (χ1n) is 6.47. The van der Waals surface area contributed by atoms with Crippen molar-refractivity contribution in [1.29, 1.82) is 0 Å². The molecular weight excluding hydrogens is 260 g/mol. The lowest BCUT2D eigenvalue weighted by molar-refractivity contribution is -0.0826. The van der Waals surface area contributed by atoms with Crippen LogP contribution in [0.5, 0.6) is 11.5 Å². The Kier molecular flexibility index (Phi) is 3.76. The summed E-state index contributed by atoms with van der Waals surface area (Å²) in [7, 11) is 3.01. The van der Waals surface area contributed by atoms with Gasteiger partial charge in [-0.2, -0.15) is 0 Å². The van der Waals surface area contributed by atoms with Gasteiger partial charge in [-0.05, 0) is 12.5 Å². The maximum atomic E-state index is 12.4. The fourth-order valence-electron chi connectivity index (χ4n) is 2.28. The number of nitrogens with two attached hydrogens (primary N) is 1. The second kappa shape index (κ2) is 5.20. The number of carbonyl (C=O) groups is 1. The van der Waals surface area contributed by atoms with E-state index < -0.39 is 5.60 Å². The van der Waals surface area contributed by atoms with Crippen LogP contribution in [-0.4, -0.2) is 48.8 Å². The third kappa shape index (κ3) is 2.38. The monoisotopic (exact) mass is 280 g/mol. The summed E-state index contributed by atoms with van der Waals surface area (Å²) in [5, 5.41) is 9.97. The molecule has 110 valence electrons. The van der Waals surface area contributed by atoms with Crippen molar-refractivity contribution in [3.05, 3.63) is 17.7 Å². The Morgan fingerprint density at radius 2 is 1.90 bits per heavy atom. The number of anilines is 1. The Morgan fingerprint density at radius 3 is 2.40 bits per heavy atom. The quantitative estimate of drug-likeness (QED) is 0.800. The van der Waals surface area contributed by atoms with Crippen molar-refractivity contribution in [2.45, 2.75) is 18.9 Å². The molecule has 1 aromatic carbocycles. The minimum Gasteiger partial charge on any atom is -0.493 e. The van der Waals surface area contributed by atoms with Crippen LogP contribution in [-0.2, 0) is 0 Å². The number of ether oxygens (including phenoxy) is 2. The molecule has 6 nitrogen and oxygen atoms in total. The minimum atomic E-state index is -0.763. The van der Waals surface area contributed by atoms with Gasteiger partial charge in [-0.1, -0.05) is 6.92 Å². The zero-order valence-electron chi connectivity index (χ0n) is 12.0. The van der Waals surface area contributed by atoms with E-state index in [0.29, 0.717) is 42.3 Å². The van der Waals surface area contributed by atoms with E-state index in [1.807, 2.05) is 6.92 Å². The number of amides is 1. The lowest BCUT2D eigenvalue weighted by atomic mass is 9.90. The fourth-order valence-corrected chi connectivity index (χ4v) is 2.28. The molecule has 2 rings (SSSR count).